The van der Waals surface area contributed by atoms with Gasteiger partial charge in [0.1, 0.15) is 18.2 Å². The van der Waals surface area contributed by atoms with E-state index in [-0.39, 0.29) is 19.0 Å². The summed E-state index contributed by atoms with van der Waals surface area (Å²) in [7, 11) is 0. The van der Waals surface area contributed by atoms with Crippen molar-refractivity contribution in [3.8, 4) is 5.75 Å². The highest BCUT2D eigenvalue weighted by molar-refractivity contribution is 6.35. The Bertz CT molecular complexity index is 650. The van der Waals surface area contributed by atoms with Crippen LogP contribution in [0, 0.1) is 5.82 Å². The SMILES string of the molecule is O=C(NCCOc1ccc(F)cc1)Nc1cc(Cl)ccc1Cl. The van der Waals surface area contributed by atoms with Gasteiger partial charge in [-0.05, 0) is 42.5 Å². The van der Waals surface area contributed by atoms with Gasteiger partial charge in [0.25, 0.3) is 0 Å². The molecule has 0 heterocycles. The van der Waals surface area contributed by atoms with E-state index in [2.05, 4.69) is 10.6 Å². The first-order valence-electron chi connectivity index (χ1n) is 6.43. The Labute approximate surface area is 137 Å². The van der Waals surface area contributed by atoms with Crippen LogP contribution in [-0.2, 0) is 0 Å². The number of urea groups is 1. The second-order valence-corrected chi connectivity index (χ2v) is 5.15. The van der Waals surface area contributed by atoms with Crippen molar-refractivity contribution in [1.82, 2.24) is 5.32 Å². The highest BCUT2D eigenvalue weighted by atomic mass is 35.5. The van der Waals surface area contributed by atoms with E-state index >= 15 is 0 Å². The van der Waals surface area contributed by atoms with Crippen molar-refractivity contribution in [1.29, 1.82) is 0 Å². The predicted molar refractivity (Wildman–Crippen MR) is 85.4 cm³/mol. The summed E-state index contributed by atoms with van der Waals surface area (Å²) in [6, 6.07) is 9.99. The first kappa shape index (κ1) is 16.4. The third-order valence-corrected chi connectivity index (χ3v) is 3.21. The van der Waals surface area contributed by atoms with Crippen molar-refractivity contribution in [3.63, 3.8) is 0 Å². The Kier molecular flexibility index (Phi) is 5.86. The van der Waals surface area contributed by atoms with Gasteiger partial charge in [0.05, 0.1) is 17.3 Å². The second-order valence-electron chi connectivity index (χ2n) is 4.31. The maximum atomic E-state index is 12.7. The number of amides is 2. The molecule has 2 aromatic carbocycles. The fourth-order valence-corrected chi connectivity index (χ4v) is 1.96. The third-order valence-electron chi connectivity index (χ3n) is 2.65. The minimum atomic E-state index is -0.424. The molecule has 0 aromatic heterocycles. The van der Waals surface area contributed by atoms with Crippen molar-refractivity contribution in [2.45, 2.75) is 0 Å². The van der Waals surface area contributed by atoms with Crippen LogP contribution in [0.1, 0.15) is 0 Å². The summed E-state index contributed by atoms with van der Waals surface area (Å²) in [5.74, 6) is 0.199. The van der Waals surface area contributed by atoms with Gasteiger partial charge in [-0.25, -0.2) is 9.18 Å². The Morgan fingerprint density at radius 2 is 1.86 bits per heavy atom. The number of nitrogens with one attached hydrogen (secondary N) is 2. The number of anilines is 1. The van der Waals surface area contributed by atoms with Crippen LogP contribution in [0.2, 0.25) is 10.0 Å². The van der Waals surface area contributed by atoms with Gasteiger partial charge < -0.3 is 15.4 Å². The molecule has 2 N–H and O–H groups in total. The number of carbonyl (C=O) groups is 1. The average Bonchev–Trinajstić information content (AvgIpc) is 2.49. The lowest BCUT2D eigenvalue weighted by Crippen LogP contribution is -2.32. The summed E-state index contributed by atoms with van der Waals surface area (Å²) in [5.41, 5.74) is 0.422. The number of ether oxygens (including phenoxy) is 1. The van der Waals surface area contributed by atoms with Gasteiger partial charge >= 0.3 is 6.03 Å². The number of benzene rings is 2. The lowest BCUT2D eigenvalue weighted by molar-refractivity contribution is 0.247. The summed E-state index contributed by atoms with van der Waals surface area (Å²) < 4.78 is 18.1. The minimum absolute atomic E-state index is 0.252. The highest BCUT2D eigenvalue weighted by Crippen LogP contribution is 2.25. The fourth-order valence-electron chi connectivity index (χ4n) is 1.62. The molecule has 4 nitrogen and oxygen atoms in total. The van der Waals surface area contributed by atoms with Crippen LogP contribution in [0.15, 0.2) is 42.5 Å². The summed E-state index contributed by atoms with van der Waals surface area (Å²) >= 11 is 11.8. The number of rotatable bonds is 5. The quantitative estimate of drug-likeness (QED) is 0.794. The van der Waals surface area contributed by atoms with Gasteiger partial charge in [-0.2, -0.15) is 0 Å². The zero-order chi connectivity index (χ0) is 15.9. The lowest BCUT2D eigenvalue weighted by Gasteiger charge is -2.10. The standard InChI is InChI=1S/C15H13Cl2FN2O2/c16-10-1-6-13(17)14(9-10)20-15(21)19-7-8-22-12-4-2-11(18)3-5-12/h1-6,9H,7-8H2,(H2,19,20,21). The molecule has 0 fully saturated rings. The number of hydrogen-bond donors (Lipinski definition) is 2. The Morgan fingerprint density at radius 1 is 1.14 bits per heavy atom. The first-order chi connectivity index (χ1) is 10.5. The Morgan fingerprint density at radius 3 is 2.59 bits per heavy atom. The number of halogens is 3. The smallest absolute Gasteiger partial charge is 0.319 e. The third kappa shape index (κ3) is 5.09. The van der Waals surface area contributed by atoms with Crippen molar-refractivity contribution < 1.29 is 13.9 Å². The molecule has 0 unspecified atom stereocenters. The van der Waals surface area contributed by atoms with E-state index in [4.69, 9.17) is 27.9 Å². The largest absolute Gasteiger partial charge is 0.492 e. The molecular formula is C15H13Cl2FN2O2. The van der Waals surface area contributed by atoms with Crippen LogP contribution in [0.25, 0.3) is 0 Å². The predicted octanol–water partition coefficient (Wildman–Crippen LogP) is 4.33. The summed E-state index contributed by atoms with van der Waals surface area (Å²) in [6.07, 6.45) is 0. The van der Waals surface area contributed by atoms with Gasteiger partial charge in [-0.1, -0.05) is 23.2 Å². The minimum Gasteiger partial charge on any atom is -0.492 e. The molecule has 0 bridgehead atoms. The molecule has 7 heteroatoms. The van der Waals surface area contributed by atoms with Crippen LogP contribution in [0.3, 0.4) is 0 Å². The maximum Gasteiger partial charge on any atom is 0.319 e. The Balaban J connectivity index is 1.74. The van der Waals surface area contributed by atoms with Crippen molar-refractivity contribution in [2.75, 3.05) is 18.5 Å². The van der Waals surface area contributed by atoms with E-state index in [1.807, 2.05) is 0 Å². The monoisotopic (exact) mass is 342 g/mol. The second kappa shape index (κ2) is 7.87. The van der Waals surface area contributed by atoms with E-state index in [1.54, 1.807) is 18.2 Å². The normalized spacial score (nSPS) is 10.1. The molecule has 0 saturated carbocycles. The van der Waals surface area contributed by atoms with E-state index in [1.165, 1.54) is 24.3 Å². The van der Waals surface area contributed by atoms with Crippen LogP contribution < -0.4 is 15.4 Å². The molecule has 0 aliphatic rings. The zero-order valence-electron chi connectivity index (χ0n) is 11.4. The van der Waals surface area contributed by atoms with E-state index in [9.17, 15) is 9.18 Å². The highest BCUT2D eigenvalue weighted by Gasteiger charge is 2.06. The summed E-state index contributed by atoms with van der Waals surface area (Å²) in [5, 5.41) is 6.06. The topological polar surface area (TPSA) is 50.4 Å². The van der Waals surface area contributed by atoms with Crippen molar-refractivity contribution in [3.05, 3.63) is 58.3 Å². The molecule has 2 amide bonds. The van der Waals surface area contributed by atoms with Gasteiger partial charge in [0.2, 0.25) is 0 Å². The zero-order valence-corrected chi connectivity index (χ0v) is 12.9. The molecule has 0 spiro atoms. The van der Waals surface area contributed by atoms with Crippen LogP contribution in [-0.4, -0.2) is 19.2 Å². The van der Waals surface area contributed by atoms with Gasteiger partial charge in [-0.3, -0.25) is 0 Å². The molecule has 0 atom stereocenters. The molecule has 2 aromatic rings. The van der Waals surface area contributed by atoms with Crippen molar-refractivity contribution >= 4 is 34.9 Å². The molecule has 116 valence electrons. The summed E-state index contributed by atoms with van der Waals surface area (Å²) in [4.78, 5) is 11.7. The first-order valence-corrected chi connectivity index (χ1v) is 7.18. The lowest BCUT2D eigenvalue weighted by atomic mass is 10.3. The molecular weight excluding hydrogens is 330 g/mol. The number of hydrogen-bond acceptors (Lipinski definition) is 2. The van der Waals surface area contributed by atoms with Gasteiger partial charge in [0, 0.05) is 5.02 Å². The van der Waals surface area contributed by atoms with Gasteiger partial charge in [-0.15, -0.1) is 0 Å². The summed E-state index contributed by atoms with van der Waals surface area (Å²) in [6.45, 7) is 0.531. The van der Waals surface area contributed by atoms with E-state index in [0.29, 0.717) is 21.5 Å². The maximum absolute atomic E-state index is 12.7. The van der Waals surface area contributed by atoms with E-state index in [0.717, 1.165) is 0 Å². The Hall–Kier alpha value is -1.98. The fraction of sp³-hybridized carbons (Fsp3) is 0.133. The molecule has 0 radical (unpaired) electrons. The molecule has 2 rings (SSSR count). The molecule has 0 saturated heterocycles. The average molecular weight is 343 g/mol. The van der Waals surface area contributed by atoms with Gasteiger partial charge in [0.15, 0.2) is 0 Å². The van der Waals surface area contributed by atoms with Crippen LogP contribution >= 0.6 is 23.2 Å². The van der Waals surface area contributed by atoms with Crippen LogP contribution in [0.4, 0.5) is 14.9 Å². The van der Waals surface area contributed by atoms with Crippen molar-refractivity contribution in [2.24, 2.45) is 0 Å². The molecule has 0 aliphatic heterocycles. The van der Waals surface area contributed by atoms with Crippen LogP contribution in [0.5, 0.6) is 5.75 Å². The van der Waals surface area contributed by atoms with E-state index < -0.39 is 6.03 Å². The molecule has 22 heavy (non-hydrogen) atoms. The molecule has 0 aliphatic carbocycles. The number of carbonyl (C=O) groups excluding carboxylic acids is 1.